The third-order valence-corrected chi connectivity index (χ3v) is 3.88. The Balaban J connectivity index is 2.62. The van der Waals surface area contributed by atoms with Gasteiger partial charge < -0.3 is 9.64 Å². The van der Waals surface area contributed by atoms with Crippen LogP contribution in [0.1, 0.15) is 38.3 Å². The normalized spacial score (nSPS) is 11.8. The van der Waals surface area contributed by atoms with E-state index in [2.05, 4.69) is 21.8 Å². The highest BCUT2D eigenvalue weighted by Gasteiger charge is 2.29. The van der Waals surface area contributed by atoms with E-state index in [9.17, 15) is 10.1 Å². The Morgan fingerprint density at radius 2 is 1.96 bits per heavy atom. The van der Waals surface area contributed by atoms with Crippen LogP contribution in [0.2, 0.25) is 0 Å². The van der Waals surface area contributed by atoms with Gasteiger partial charge in [-0.3, -0.25) is 4.79 Å². The zero-order chi connectivity index (χ0) is 17.5. The molecule has 0 saturated carbocycles. The number of methoxy groups -OCH3 is 1. The summed E-state index contributed by atoms with van der Waals surface area (Å²) in [5.41, 5.74) is 1.76. The van der Waals surface area contributed by atoms with Gasteiger partial charge in [0, 0.05) is 13.1 Å². The SMILES string of the molecule is CCCCN(CC)c1nc2ccccc2nc1C(C#N)C(=O)OC. The molecule has 1 aromatic carbocycles. The van der Waals surface area contributed by atoms with E-state index in [0.717, 1.165) is 31.4 Å². The maximum atomic E-state index is 12.0. The van der Waals surface area contributed by atoms with Gasteiger partial charge in [-0.15, -0.1) is 0 Å². The van der Waals surface area contributed by atoms with Crippen molar-refractivity contribution in [1.29, 1.82) is 5.26 Å². The number of benzene rings is 1. The number of fused-ring (bicyclic) bond motifs is 1. The molecule has 1 atom stereocenters. The van der Waals surface area contributed by atoms with E-state index < -0.39 is 11.9 Å². The van der Waals surface area contributed by atoms with Crippen LogP contribution in [0, 0.1) is 11.3 Å². The molecule has 0 amide bonds. The van der Waals surface area contributed by atoms with Gasteiger partial charge in [-0.25, -0.2) is 9.97 Å². The molecular formula is C18H22N4O2. The largest absolute Gasteiger partial charge is 0.468 e. The molecule has 6 heteroatoms. The molecular weight excluding hydrogens is 304 g/mol. The fourth-order valence-corrected chi connectivity index (χ4v) is 2.54. The Hall–Kier alpha value is -2.68. The average Bonchev–Trinajstić information content (AvgIpc) is 2.62. The fraction of sp³-hybridized carbons (Fsp3) is 0.444. The number of ether oxygens (including phenoxy) is 1. The average molecular weight is 326 g/mol. The van der Waals surface area contributed by atoms with E-state index in [0.29, 0.717) is 17.0 Å². The van der Waals surface area contributed by atoms with Crippen LogP contribution in [0.15, 0.2) is 24.3 Å². The van der Waals surface area contributed by atoms with Crippen molar-refractivity contribution in [2.75, 3.05) is 25.1 Å². The lowest BCUT2D eigenvalue weighted by atomic mass is 10.1. The van der Waals surface area contributed by atoms with Crippen molar-refractivity contribution in [1.82, 2.24) is 9.97 Å². The molecule has 6 nitrogen and oxygen atoms in total. The van der Waals surface area contributed by atoms with Gasteiger partial charge in [0.05, 0.1) is 24.2 Å². The van der Waals surface area contributed by atoms with Crippen molar-refractivity contribution < 1.29 is 9.53 Å². The molecule has 126 valence electrons. The Bertz CT molecular complexity index is 754. The molecule has 1 aromatic heterocycles. The Morgan fingerprint density at radius 3 is 2.50 bits per heavy atom. The third-order valence-electron chi connectivity index (χ3n) is 3.88. The van der Waals surface area contributed by atoms with Crippen LogP contribution in [0.5, 0.6) is 0 Å². The summed E-state index contributed by atoms with van der Waals surface area (Å²) in [6, 6.07) is 9.46. The molecule has 0 spiro atoms. The Morgan fingerprint density at radius 1 is 1.29 bits per heavy atom. The van der Waals surface area contributed by atoms with Gasteiger partial charge in [-0.2, -0.15) is 5.26 Å². The number of carbonyl (C=O) groups is 1. The minimum absolute atomic E-state index is 0.362. The quantitative estimate of drug-likeness (QED) is 0.728. The topological polar surface area (TPSA) is 79.1 Å². The maximum absolute atomic E-state index is 12.0. The Labute approximate surface area is 142 Å². The first kappa shape index (κ1) is 17.7. The number of nitrogens with zero attached hydrogens (tertiary/aromatic N) is 4. The summed E-state index contributed by atoms with van der Waals surface area (Å²) in [7, 11) is 1.27. The molecule has 0 aliphatic heterocycles. The number of nitriles is 1. The number of aromatic nitrogens is 2. The van der Waals surface area contributed by atoms with Crippen molar-refractivity contribution in [3.8, 4) is 6.07 Å². The molecule has 1 heterocycles. The van der Waals surface area contributed by atoms with E-state index in [-0.39, 0.29) is 0 Å². The van der Waals surface area contributed by atoms with Crippen LogP contribution < -0.4 is 4.90 Å². The van der Waals surface area contributed by atoms with Crippen LogP contribution in [-0.2, 0) is 9.53 Å². The van der Waals surface area contributed by atoms with E-state index >= 15 is 0 Å². The van der Waals surface area contributed by atoms with Gasteiger partial charge in [-0.05, 0) is 25.5 Å². The minimum atomic E-state index is -1.09. The highest BCUT2D eigenvalue weighted by atomic mass is 16.5. The first-order valence-electron chi connectivity index (χ1n) is 8.15. The maximum Gasteiger partial charge on any atom is 0.329 e. The molecule has 0 radical (unpaired) electrons. The van der Waals surface area contributed by atoms with Gasteiger partial charge in [0.1, 0.15) is 5.69 Å². The van der Waals surface area contributed by atoms with Crippen molar-refractivity contribution in [3.63, 3.8) is 0 Å². The lowest BCUT2D eigenvalue weighted by Gasteiger charge is -2.25. The van der Waals surface area contributed by atoms with Crippen LogP contribution in [0.4, 0.5) is 5.82 Å². The minimum Gasteiger partial charge on any atom is -0.468 e. The highest BCUT2D eigenvalue weighted by molar-refractivity contribution is 5.85. The number of anilines is 1. The van der Waals surface area contributed by atoms with Gasteiger partial charge in [-0.1, -0.05) is 25.5 Å². The predicted octanol–water partition coefficient (Wildman–Crippen LogP) is 3.04. The van der Waals surface area contributed by atoms with Crippen molar-refractivity contribution in [2.45, 2.75) is 32.6 Å². The standard InChI is InChI=1S/C18H22N4O2/c1-4-6-11-22(5-2)17-16(13(12-19)18(23)24-3)20-14-9-7-8-10-15(14)21-17/h7-10,13H,4-6,11H2,1-3H3. The fourth-order valence-electron chi connectivity index (χ4n) is 2.54. The lowest BCUT2D eigenvalue weighted by molar-refractivity contribution is -0.141. The van der Waals surface area contributed by atoms with Crippen molar-refractivity contribution >= 4 is 22.8 Å². The highest BCUT2D eigenvalue weighted by Crippen LogP contribution is 2.28. The summed E-state index contributed by atoms with van der Waals surface area (Å²) in [4.78, 5) is 23.3. The summed E-state index contributed by atoms with van der Waals surface area (Å²) in [6.45, 7) is 5.66. The summed E-state index contributed by atoms with van der Waals surface area (Å²) in [5.74, 6) is -1.12. The van der Waals surface area contributed by atoms with E-state index in [1.807, 2.05) is 37.3 Å². The van der Waals surface area contributed by atoms with E-state index in [1.165, 1.54) is 7.11 Å². The predicted molar refractivity (Wildman–Crippen MR) is 92.7 cm³/mol. The summed E-state index contributed by atoms with van der Waals surface area (Å²) in [5, 5.41) is 9.47. The van der Waals surface area contributed by atoms with E-state index in [4.69, 9.17) is 4.74 Å². The molecule has 0 N–H and O–H groups in total. The Kier molecular flexibility index (Phi) is 6.07. The van der Waals surface area contributed by atoms with Crippen molar-refractivity contribution in [2.24, 2.45) is 0 Å². The second-order valence-electron chi connectivity index (χ2n) is 5.44. The monoisotopic (exact) mass is 326 g/mol. The number of para-hydroxylation sites is 2. The number of hydrogen-bond acceptors (Lipinski definition) is 6. The second kappa shape index (κ2) is 8.25. The molecule has 2 rings (SSSR count). The molecule has 0 bridgehead atoms. The second-order valence-corrected chi connectivity index (χ2v) is 5.44. The van der Waals surface area contributed by atoms with Crippen molar-refractivity contribution in [3.05, 3.63) is 30.0 Å². The molecule has 2 aromatic rings. The number of hydrogen-bond donors (Lipinski definition) is 0. The summed E-state index contributed by atoms with van der Waals surface area (Å²) >= 11 is 0. The van der Waals surface area contributed by atoms with Crippen LogP contribution in [0.3, 0.4) is 0 Å². The lowest BCUT2D eigenvalue weighted by Crippen LogP contribution is -2.28. The number of carbonyl (C=O) groups excluding carboxylic acids is 1. The third kappa shape index (κ3) is 3.62. The van der Waals surface area contributed by atoms with Gasteiger partial charge >= 0.3 is 5.97 Å². The number of rotatable bonds is 7. The molecule has 1 unspecified atom stereocenters. The molecule has 0 fully saturated rings. The van der Waals surface area contributed by atoms with Crippen LogP contribution in [0.25, 0.3) is 11.0 Å². The molecule has 24 heavy (non-hydrogen) atoms. The zero-order valence-electron chi connectivity index (χ0n) is 14.3. The summed E-state index contributed by atoms with van der Waals surface area (Å²) < 4.78 is 4.77. The molecule has 0 aliphatic carbocycles. The first-order valence-corrected chi connectivity index (χ1v) is 8.15. The number of unbranched alkanes of at least 4 members (excludes halogenated alkanes) is 1. The van der Waals surface area contributed by atoms with Gasteiger partial charge in [0.25, 0.3) is 0 Å². The van der Waals surface area contributed by atoms with Crippen LogP contribution in [-0.4, -0.2) is 36.1 Å². The van der Waals surface area contributed by atoms with Gasteiger partial charge in [0.15, 0.2) is 11.7 Å². The van der Waals surface area contributed by atoms with E-state index in [1.54, 1.807) is 0 Å². The van der Waals surface area contributed by atoms with Gasteiger partial charge in [0.2, 0.25) is 0 Å². The summed E-state index contributed by atoms with van der Waals surface area (Å²) in [6.07, 6.45) is 2.04. The molecule has 0 saturated heterocycles. The molecule has 0 aliphatic rings. The zero-order valence-corrected chi connectivity index (χ0v) is 14.3. The first-order chi connectivity index (χ1) is 11.7. The van der Waals surface area contributed by atoms with Crippen LogP contribution >= 0.6 is 0 Å². The smallest absolute Gasteiger partial charge is 0.329 e. The number of esters is 1.